The lowest BCUT2D eigenvalue weighted by Gasteiger charge is -2.25. The molecule has 2 heterocycles. The van der Waals surface area contributed by atoms with E-state index in [4.69, 9.17) is 0 Å². The Morgan fingerprint density at radius 2 is 1.67 bits per heavy atom. The lowest BCUT2D eigenvalue weighted by atomic mass is 9.87. The summed E-state index contributed by atoms with van der Waals surface area (Å²) in [5.41, 5.74) is -1.04. The van der Waals surface area contributed by atoms with Crippen LogP contribution in [0.15, 0.2) is 54.6 Å². The predicted octanol–water partition coefficient (Wildman–Crippen LogP) is 1.54. The molecule has 2 atom stereocenters. The zero-order valence-corrected chi connectivity index (χ0v) is 18.1. The Labute approximate surface area is 189 Å². The standard InChI is InChI=1S/C23H23N5O5/c1-3-23(14-8-5-4-6-9-14)19(31)28(21(33)27-23)13-17(29)24-16-11-7-10-15(12-16)22(2)18(30)25-20(32)26-22/h4-12H,3,13H2,1-2H3,(H,24,29)(H,27,33)(H2,25,26,30,32). The summed E-state index contributed by atoms with van der Waals surface area (Å²) < 4.78 is 0. The molecule has 0 spiro atoms. The van der Waals surface area contributed by atoms with E-state index in [9.17, 15) is 24.0 Å². The van der Waals surface area contributed by atoms with Crippen molar-refractivity contribution < 1.29 is 24.0 Å². The first kappa shape index (κ1) is 22.0. The molecule has 2 aromatic carbocycles. The smallest absolute Gasteiger partial charge is 0.325 e. The Hall–Kier alpha value is -4.21. The molecule has 2 fully saturated rings. The number of carbonyl (C=O) groups excluding carboxylic acids is 5. The predicted molar refractivity (Wildman–Crippen MR) is 118 cm³/mol. The van der Waals surface area contributed by atoms with Gasteiger partial charge in [-0.2, -0.15) is 0 Å². The molecule has 2 unspecified atom stereocenters. The number of anilines is 1. The fourth-order valence-electron chi connectivity index (χ4n) is 4.13. The molecule has 2 aromatic rings. The average Bonchev–Trinajstić information content (AvgIpc) is 3.21. The number of benzene rings is 2. The molecule has 0 saturated carbocycles. The van der Waals surface area contributed by atoms with Crippen LogP contribution in [0, 0.1) is 0 Å². The summed E-state index contributed by atoms with van der Waals surface area (Å²) in [6, 6.07) is 14.1. The summed E-state index contributed by atoms with van der Waals surface area (Å²) in [5, 5.41) is 10.1. The number of imide groups is 2. The van der Waals surface area contributed by atoms with Crippen molar-refractivity contribution in [3.8, 4) is 0 Å². The molecule has 0 aromatic heterocycles. The van der Waals surface area contributed by atoms with Crippen LogP contribution in [0.25, 0.3) is 0 Å². The van der Waals surface area contributed by atoms with Gasteiger partial charge in [0.05, 0.1) is 0 Å². The van der Waals surface area contributed by atoms with E-state index < -0.39 is 47.4 Å². The molecule has 2 aliphatic rings. The van der Waals surface area contributed by atoms with Crippen LogP contribution in [0.5, 0.6) is 0 Å². The molecule has 0 aliphatic carbocycles. The van der Waals surface area contributed by atoms with Crippen molar-refractivity contribution in [3.63, 3.8) is 0 Å². The summed E-state index contributed by atoms with van der Waals surface area (Å²) in [4.78, 5) is 63.1. The summed E-state index contributed by atoms with van der Waals surface area (Å²) >= 11 is 0. The van der Waals surface area contributed by atoms with Crippen LogP contribution in [0.3, 0.4) is 0 Å². The maximum atomic E-state index is 13.2. The van der Waals surface area contributed by atoms with Gasteiger partial charge in [0.2, 0.25) is 5.91 Å². The highest BCUT2D eigenvalue weighted by Gasteiger charge is 2.51. The van der Waals surface area contributed by atoms with Crippen LogP contribution in [0.1, 0.15) is 31.4 Å². The van der Waals surface area contributed by atoms with E-state index in [2.05, 4.69) is 21.3 Å². The van der Waals surface area contributed by atoms with Crippen LogP contribution in [-0.2, 0) is 25.5 Å². The minimum atomic E-state index is -1.28. The third kappa shape index (κ3) is 3.69. The Kier molecular flexibility index (Phi) is 5.36. The minimum Gasteiger partial charge on any atom is -0.325 e. The van der Waals surface area contributed by atoms with Crippen LogP contribution < -0.4 is 21.3 Å². The topological polar surface area (TPSA) is 137 Å². The second-order valence-corrected chi connectivity index (χ2v) is 8.11. The SMILES string of the molecule is CCC1(c2ccccc2)NC(=O)N(CC(=O)Nc2cccc(C3(C)NC(=O)NC3=O)c2)C1=O. The highest BCUT2D eigenvalue weighted by atomic mass is 16.2. The first-order valence-corrected chi connectivity index (χ1v) is 10.4. The Balaban J connectivity index is 1.50. The molecule has 0 radical (unpaired) electrons. The molecule has 10 nitrogen and oxygen atoms in total. The van der Waals surface area contributed by atoms with Gasteiger partial charge in [-0.1, -0.05) is 49.4 Å². The van der Waals surface area contributed by atoms with Crippen molar-refractivity contribution in [1.82, 2.24) is 20.9 Å². The molecule has 33 heavy (non-hydrogen) atoms. The van der Waals surface area contributed by atoms with E-state index in [1.807, 2.05) is 6.07 Å². The van der Waals surface area contributed by atoms with Gasteiger partial charge >= 0.3 is 12.1 Å². The van der Waals surface area contributed by atoms with E-state index in [1.54, 1.807) is 62.4 Å². The van der Waals surface area contributed by atoms with Gasteiger partial charge in [-0.3, -0.25) is 24.6 Å². The Bertz CT molecular complexity index is 1170. The number of carbonyl (C=O) groups is 5. The van der Waals surface area contributed by atoms with Crippen LogP contribution >= 0.6 is 0 Å². The number of urea groups is 2. The molecule has 170 valence electrons. The molecule has 0 bridgehead atoms. The monoisotopic (exact) mass is 449 g/mol. The van der Waals surface area contributed by atoms with E-state index in [0.29, 0.717) is 23.2 Å². The van der Waals surface area contributed by atoms with Crippen LogP contribution in [0.4, 0.5) is 15.3 Å². The van der Waals surface area contributed by atoms with Gasteiger partial charge in [0, 0.05) is 5.69 Å². The number of hydrogen-bond donors (Lipinski definition) is 4. The van der Waals surface area contributed by atoms with Gasteiger partial charge in [0.15, 0.2) is 0 Å². The number of nitrogens with one attached hydrogen (secondary N) is 4. The highest BCUT2D eigenvalue weighted by Crippen LogP contribution is 2.32. The van der Waals surface area contributed by atoms with E-state index in [1.165, 1.54) is 0 Å². The van der Waals surface area contributed by atoms with Gasteiger partial charge in [-0.05, 0) is 36.6 Å². The van der Waals surface area contributed by atoms with Gasteiger partial charge in [-0.25, -0.2) is 9.59 Å². The van der Waals surface area contributed by atoms with E-state index >= 15 is 0 Å². The minimum absolute atomic E-state index is 0.327. The van der Waals surface area contributed by atoms with Crippen molar-refractivity contribution in [2.45, 2.75) is 31.3 Å². The largest absolute Gasteiger partial charge is 0.325 e. The summed E-state index contributed by atoms with van der Waals surface area (Å²) in [6.45, 7) is 2.87. The second-order valence-electron chi connectivity index (χ2n) is 8.11. The maximum absolute atomic E-state index is 13.2. The van der Waals surface area contributed by atoms with Crippen LogP contribution in [-0.4, -0.2) is 41.2 Å². The first-order chi connectivity index (χ1) is 15.7. The first-order valence-electron chi connectivity index (χ1n) is 10.4. The molecular formula is C23H23N5O5. The molecule has 4 N–H and O–H groups in total. The number of nitrogens with zero attached hydrogens (tertiary/aromatic N) is 1. The van der Waals surface area contributed by atoms with E-state index in [-0.39, 0.29) is 0 Å². The van der Waals surface area contributed by atoms with Crippen molar-refractivity contribution in [3.05, 3.63) is 65.7 Å². The zero-order valence-electron chi connectivity index (χ0n) is 18.1. The zero-order chi connectivity index (χ0) is 23.8. The molecule has 10 heteroatoms. The lowest BCUT2D eigenvalue weighted by molar-refractivity contribution is -0.134. The number of hydrogen-bond acceptors (Lipinski definition) is 5. The Morgan fingerprint density at radius 3 is 2.30 bits per heavy atom. The maximum Gasteiger partial charge on any atom is 0.325 e. The third-order valence-electron chi connectivity index (χ3n) is 6.04. The molecule has 7 amide bonds. The lowest BCUT2D eigenvalue weighted by Crippen LogP contribution is -2.44. The fraction of sp³-hybridized carbons (Fsp3) is 0.261. The fourth-order valence-corrected chi connectivity index (χ4v) is 4.13. The van der Waals surface area contributed by atoms with Gasteiger partial charge in [0.25, 0.3) is 11.8 Å². The van der Waals surface area contributed by atoms with Crippen LogP contribution in [0.2, 0.25) is 0 Å². The highest BCUT2D eigenvalue weighted by molar-refractivity contribution is 6.10. The third-order valence-corrected chi connectivity index (χ3v) is 6.04. The molecule has 2 saturated heterocycles. The number of amides is 7. The molecule has 4 rings (SSSR count). The molecule has 2 aliphatic heterocycles. The van der Waals surface area contributed by atoms with Gasteiger partial charge in [-0.15, -0.1) is 0 Å². The summed E-state index contributed by atoms with van der Waals surface area (Å²) in [5.74, 6) is -1.59. The summed E-state index contributed by atoms with van der Waals surface area (Å²) in [7, 11) is 0. The summed E-state index contributed by atoms with van der Waals surface area (Å²) in [6.07, 6.45) is 0.327. The average molecular weight is 449 g/mol. The normalized spacial score (nSPS) is 24.4. The van der Waals surface area contributed by atoms with Crippen molar-refractivity contribution in [2.75, 3.05) is 11.9 Å². The number of rotatable bonds is 6. The van der Waals surface area contributed by atoms with Gasteiger partial charge < -0.3 is 16.0 Å². The van der Waals surface area contributed by atoms with Crippen molar-refractivity contribution in [1.29, 1.82) is 0 Å². The quantitative estimate of drug-likeness (QED) is 0.496. The molecular weight excluding hydrogens is 426 g/mol. The van der Waals surface area contributed by atoms with Crippen molar-refractivity contribution in [2.24, 2.45) is 0 Å². The van der Waals surface area contributed by atoms with E-state index in [0.717, 1.165) is 4.90 Å². The van der Waals surface area contributed by atoms with Gasteiger partial charge in [0.1, 0.15) is 17.6 Å². The second kappa shape index (κ2) is 8.05. The Morgan fingerprint density at radius 1 is 0.970 bits per heavy atom. The van der Waals surface area contributed by atoms with Crippen molar-refractivity contribution >= 4 is 35.5 Å².